The van der Waals surface area contributed by atoms with Gasteiger partial charge < -0.3 is 10.1 Å². The highest BCUT2D eigenvalue weighted by molar-refractivity contribution is 5.19. The smallest absolute Gasteiger partial charge is 0.233 e. The van der Waals surface area contributed by atoms with E-state index in [2.05, 4.69) is 29.1 Å². The molecule has 0 aliphatic carbocycles. The monoisotopic (exact) mass is 285 g/mol. The van der Waals surface area contributed by atoms with E-state index in [0.717, 1.165) is 17.8 Å². The molecule has 4 nitrogen and oxygen atoms in total. The molecule has 2 rings (SSSR count). The molecule has 2 aromatic rings. The lowest BCUT2D eigenvalue weighted by Gasteiger charge is -2.14. The highest BCUT2D eigenvalue weighted by Gasteiger charge is 2.08. The molecule has 4 heteroatoms. The van der Waals surface area contributed by atoms with Crippen molar-refractivity contribution in [1.29, 1.82) is 0 Å². The van der Waals surface area contributed by atoms with Gasteiger partial charge in [-0.2, -0.15) is 0 Å². The lowest BCUT2D eigenvalue weighted by atomic mass is 10.1. The van der Waals surface area contributed by atoms with E-state index in [0.29, 0.717) is 18.3 Å². The van der Waals surface area contributed by atoms with E-state index in [1.165, 1.54) is 0 Å². The number of benzene rings is 1. The maximum absolute atomic E-state index is 5.87. The van der Waals surface area contributed by atoms with Gasteiger partial charge in [0.15, 0.2) is 0 Å². The molecule has 0 saturated heterocycles. The molecule has 0 amide bonds. The average molecular weight is 285 g/mol. The Bertz CT molecular complexity index is 543. The van der Waals surface area contributed by atoms with E-state index in [1.54, 1.807) is 12.4 Å². The van der Waals surface area contributed by atoms with Crippen LogP contribution in [0.4, 0.5) is 0 Å². The standard InChI is InChI=1S/C17H23N3O/c1-13(2)9-18-10-16-11-19-12-17(20-16)21-14(3)15-7-5-4-6-8-15/h4-8,11-14,18H,9-10H2,1-3H3. The minimum atomic E-state index is -0.0422. The van der Waals surface area contributed by atoms with Crippen LogP contribution in [0, 0.1) is 5.92 Å². The lowest BCUT2D eigenvalue weighted by molar-refractivity contribution is 0.215. The number of nitrogens with one attached hydrogen (secondary N) is 1. The second-order valence-corrected chi connectivity index (χ2v) is 5.54. The fourth-order valence-corrected chi connectivity index (χ4v) is 1.99. The Hall–Kier alpha value is -1.94. The molecule has 1 heterocycles. The average Bonchev–Trinajstić information content (AvgIpc) is 2.48. The zero-order valence-corrected chi connectivity index (χ0v) is 12.9. The van der Waals surface area contributed by atoms with Crippen LogP contribution in [0.15, 0.2) is 42.7 Å². The molecule has 21 heavy (non-hydrogen) atoms. The zero-order valence-electron chi connectivity index (χ0n) is 12.9. The molecule has 0 aliphatic rings. The Morgan fingerprint density at radius 3 is 2.57 bits per heavy atom. The second kappa shape index (κ2) is 7.74. The predicted octanol–water partition coefficient (Wildman–Crippen LogP) is 3.36. The molecule has 0 bridgehead atoms. The van der Waals surface area contributed by atoms with Crippen LogP contribution < -0.4 is 10.1 Å². The molecule has 1 unspecified atom stereocenters. The first-order valence-corrected chi connectivity index (χ1v) is 7.38. The second-order valence-electron chi connectivity index (χ2n) is 5.54. The fourth-order valence-electron chi connectivity index (χ4n) is 1.99. The summed E-state index contributed by atoms with van der Waals surface area (Å²) in [5, 5.41) is 3.36. The van der Waals surface area contributed by atoms with Gasteiger partial charge in [0.2, 0.25) is 5.88 Å². The highest BCUT2D eigenvalue weighted by atomic mass is 16.5. The van der Waals surface area contributed by atoms with Crippen LogP contribution in [0.1, 0.15) is 38.1 Å². The highest BCUT2D eigenvalue weighted by Crippen LogP contribution is 2.19. The van der Waals surface area contributed by atoms with Gasteiger partial charge in [0.25, 0.3) is 0 Å². The SMILES string of the molecule is CC(C)CNCc1cncc(OC(C)c2ccccc2)n1. The molecular weight excluding hydrogens is 262 g/mol. The Labute approximate surface area is 126 Å². The minimum absolute atomic E-state index is 0.0422. The van der Waals surface area contributed by atoms with Gasteiger partial charge >= 0.3 is 0 Å². The van der Waals surface area contributed by atoms with Crippen molar-refractivity contribution in [2.75, 3.05) is 6.54 Å². The van der Waals surface area contributed by atoms with Crippen LogP contribution in [0.5, 0.6) is 5.88 Å². The Morgan fingerprint density at radius 1 is 1.10 bits per heavy atom. The van der Waals surface area contributed by atoms with E-state index in [1.807, 2.05) is 37.3 Å². The maximum atomic E-state index is 5.87. The van der Waals surface area contributed by atoms with Gasteiger partial charge in [0.1, 0.15) is 6.10 Å². The summed E-state index contributed by atoms with van der Waals surface area (Å²) in [5.41, 5.74) is 2.02. The summed E-state index contributed by atoms with van der Waals surface area (Å²) in [5.74, 6) is 1.19. The summed E-state index contributed by atoms with van der Waals surface area (Å²) < 4.78 is 5.87. The molecule has 1 atom stereocenters. The normalized spacial score (nSPS) is 12.4. The van der Waals surface area contributed by atoms with Crippen LogP contribution in [0.25, 0.3) is 0 Å². The molecule has 0 spiro atoms. The largest absolute Gasteiger partial charge is 0.469 e. The van der Waals surface area contributed by atoms with Crippen molar-refractivity contribution < 1.29 is 4.74 Å². The summed E-state index contributed by atoms with van der Waals surface area (Å²) in [6, 6.07) is 10.1. The number of ether oxygens (including phenoxy) is 1. The summed E-state index contributed by atoms with van der Waals surface area (Å²) in [6.07, 6.45) is 3.39. The third-order valence-electron chi connectivity index (χ3n) is 3.09. The van der Waals surface area contributed by atoms with Crippen LogP contribution in [0.3, 0.4) is 0 Å². The Morgan fingerprint density at radius 2 is 1.86 bits per heavy atom. The molecular formula is C17H23N3O. The van der Waals surface area contributed by atoms with Gasteiger partial charge in [-0.1, -0.05) is 44.2 Å². The molecule has 1 N–H and O–H groups in total. The van der Waals surface area contributed by atoms with E-state index in [-0.39, 0.29) is 6.10 Å². The Balaban J connectivity index is 1.94. The van der Waals surface area contributed by atoms with Gasteiger partial charge in [0, 0.05) is 12.7 Å². The third-order valence-corrected chi connectivity index (χ3v) is 3.09. The van der Waals surface area contributed by atoms with Crippen LogP contribution in [-0.2, 0) is 6.54 Å². The van der Waals surface area contributed by atoms with Crippen molar-refractivity contribution in [2.24, 2.45) is 5.92 Å². The first-order chi connectivity index (χ1) is 10.1. The number of rotatable bonds is 7. The first kappa shape index (κ1) is 15.4. The summed E-state index contributed by atoms with van der Waals surface area (Å²) in [4.78, 5) is 8.69. The minimum Gasteiger partial charge on any atom is -0.469 e. The van der Waals surface area contributed by atoms with Gasteiger partial charge in [-0.15, -0.1) is 0 Å². The van der Waals surface area contributed by atoms with Gasteiger partial charge in [-0.25, -0.2) is 4.98 Å². The van der Waals surface area contributed by atoms with Crippen molar-refractivity contribution in [3.63, 3.8) is 0 Å². The quantitative estimate of drug-likeness (QED) is 0.847. The van der Waals surface area contributed by atoms with E-state index in [4.69, 9.17) is 4.74 Å². The molecule has 1 aromatic heterocycles. The maximum Gasteiger partial charge on any atom is 0.233 e. The summed E-state index contributed by atoms with van der Waals surface area (Å²) in [6.45, 7) is 8.05. The van der Waals surface area contributed by atoms with E-state index >= 15 is 0 Å². The van der Waals surface area contributed by atoms with E-state index < -0.39 is 0 Å². The van der Waals surface area contributed by atoms with Crippen molar-refractivity contribution in [3.8, 4) is 5.88 Å². The van der Waals surface area contributed by atoms with Gasteiger partial charge in [-0.3, -0.25) is 4.98 Å². The van der Waals surface area contributed by atoms with Crippen molar-refractivity contribution in [1.82, 2.24) is 15.3 Å². The number of hydrogen-bond donors (Lipinski definition) is 1. The molecule has 0 radical (unpaired) electrons. The molecule has 1 aromatic carbocycles. The zero-order chi connectivity index (χ0) is 15.1. The van der Waals surface area contributed by atoms with Gasteiger partial charge in [-0.05, 0) is 24.9 Å². The Kier molecular flexibility index (Phi) is 5.69. The number of hydrogen-bond acceptors (Lipinski definition) is 4. The van der Waals surface area contributed by atoms with Crippen LogP contribution in [0.2, 0.25) is 0 Å². The van der Waals surface area contributed by atoms with Crippen molar-refractivity contribution in [3.05, 3.63) is 54.0 Å². The summed E-state index contributed by atoms with van der Waals surface area (Å²) >= 11 is 0. The molecule has 0 fully saturated rings. The topological polar surface area (TPSA) is 47.0 Å². The van der Waals surface area contributed by atoms with E-state index in [9.17, 15) is 0 Å². The van der Waals surface area contributed by atoms with Crippen LogP contribution in [-0.4, -0.2) is 16.5 Å². The lowest BCUT2D eigenvalue weighted by Crippen LogP contribution is -2.19. The van der Waals surface area contributed by atoms with Crippen molar-refractivity contribution in [2.45, 2.75) is 33.4 Å². The number of nitrogens with zero attached hydrogens (tertiary/aromatic N) is 2. The molecule has 112 valence electrons. The number of aromatic nitrogens is 2. The fraction of sp³-hybridized carbons (Fsp3) is 0.412. The first-order valence-electron chi connectivity index (χ1n) is 7.38. The van der Waals surface area contributed by atoms with Gasteiger partial charge in [0.05, 0.1) is 11.9 Å². The predicted molar refractivity (Wildman–Crippen MR) is 84.1 cm³/mol. The van der Waals surface area contributed by atoms with Crippen molar-refractivity contribution >= 4 is 0 Å². The third kappa shape index (κ3) is 5.16. The van der Waals surface area contributed by atoms with Crippen LogP contribution >= 0.6 is 0 Å². The molecule has 0 aliphatic heterocycles. The molecule has 0 saturated carbocycles. The summed E-state index contributed by atoms with van der Waals surface area (Å²) in [7, 11) is 0.